The van der Waals surface area contributed by atoms with E-state index in [0.717, 1.165) is 10.8 Å². The average molecular weight is 287 g/mol. The molecular weight excluding hydrogens is 274 g/mol. The number of nitrogens with one attached hydrogen (secondary N) is 1. The predicted molar refractivity (Wildman–Crippen MR) is 80.1 cm³/mol. The van der Waals surface area contributed by atoms with E-state index in [1.807, 2.05) is 36.3 Å². The zero-order valence-electron chi connectivity index (χ0n) is 10.7. The van der Waals surface area contributed by atoms with Gasteiger partial charge in [-0.15, -0.1) is 6.42 Å². The van der Waals surface area contributed by atoms with Crippen molar-refractivity contribution in [2.45, 2.75) is 0 Å². The lowest BCUT2D eigenvalue weighted by Crippen LogP contribution is -2.24. The van der Waals surface area contributed by atoms with Crippen molar-refractivity contribution in [3.63, 3.8) is 0 Å². The van der Waals surface area contributed by atoms with Gasteiger partial charge in [-0.2, -0.15) is 0 Å². The molecule has 20 heavy (non-hydrogen) atoms. The molecule has 0 aliphatic carbocycles. The van der Waals surface area contributed by atoms with Crippen molar-refractivity contribution in [2.24, 2.45) is 0 Å². The molecule has 2 rings (SSSR count). The van der Waals surface area contributed by atoms with Gasteiger partial charge in [-0.1, -0.05) is 42.3 Å². The number of benzene rings is 2. The molecule has 0 saturated carbocycles. The Morgan fingerprint density at radius 1 is 1.15 bits per heavy atom. The van der Waals surface area contributed by atoms with Crippen molar-refractivity contribution in [1.82, 2.24) is 0 Å². The van der Waals surface area contributed by atoms with E-state index in [4.69, 9.17) is 6.42 Å². The minimum atomic E-state index is -3.55. The summed E-state index contributed by atoms with van der Waals surface area (Å²) in [4.78, 5) is 11.8. The molecule has 0 radical (unpaired) electrons. The van der Waals surface area contributed by atoms with Gasteiger partial charge in [0.2, 0.25) is 5.91 Å². The second kappa shape index (κ2) is 5.76. The molecule has 0 heterocycles. The summed E-state index contributed by atoms with van der Waals surface area (Å²) < 4.78 is 23.0. The number of rotatable bonds is 4. The molecule has 5 heteroatoms. The summed E-state index contributed by atoms with van der Waals surface area (Å²) in [6, 6.07) is 13.0. The molecule has 0 atom stereocenters. The zero-order chi connectivity index (χ0) is 14.6. The summed E-state index contributed by atoms with van der Waals surface area (Å²) in [5.41, 5.74) is 0.587. The van der Waals surface area contributed by atoms with Gasteiger partial charge in [0.15, 0.2) is 9.84 Å². The highest BCUT2D eigenvalue weighted by molar-refractivity contribution is 7.92. The molecule has 0 aliphatic rings. The number of amides is 1. The third kappa shape index (κ3) is 3.37. The van der Waals surface area contributed by atoms with E-state index in [-0.39, 0.29) is 0 Å². The van der Waals surface area contributed by atoms with Crippen LogP contribution in [-0.2, 0) is 14.6 Å². The van der Waals surface area contributed by atoms with Crippen LogP contribution in [0.15, 0.2) is 42.5 Å². The topological polar surface area (TPSA) is 63.2 Å². The minimum Gasteiger partial charge on any atom is -0.325 e. The maximum absolute atomic E-state index is 11.8. The van der Waals surface area contributed by atoms with Gasteiger partial charge in [-0.3, -0.25) is 4.79 Å². The summed E-state index contributed by atoms with van der Waals surface area (Å²) in [5.74, 6) is 0.407. The smallest absolute Gasteiger partial charge is 0.239 e. The number of anilines is 1. The van der Waals surface area contributed by atoms with Gasteiger partial charge in [-0.05, 0) is 11.5 Å². The molecule has 0 saturated heterocycles. The van der Waals surface area contributed by atoms with Crippen LogP contribution in [0.1, 0.15) is 0 Å². The van der Waals surface area contributed by atoms with Crippen molar-refractivity contribution >= 4 is 32.2 Å². The van der Waals surface area contributed by atoms with Gasteiger partial charge in [-0.25, -0.2) is 8.42 Å². The van der Waals surface area contributed by atoms with Gasteiger partial charge in [0.25, 0.3) is 0 Å². The van der Waals surface area contributed by atoms with Crippen molar-refractivity contribution in [1.29, 1.82) is 0 Å². The van der Waals surface area contributed by atoms with E-state index in [1.54, 1.807) is 12.1 Å². The first-order valence-electron chi connectivity index (χ1n) is 5.93. The Morgan fingerprint density at radius 3 is 2.60 bits per heavy atom. The number of carbonyl (C=O) groups excluding carboxylic acids is 1. The van der Waals surface area contributed by atoms with Crippen LogP contribution in [0.4, 0.5) is 5.69 Å². The number of fused-ring (bicyclic) bond motifs is 1. The molecule has 0 bridgehead atoms. The number of sulfone groups is 1. The lowest BCUT2D eigenvalue weighted by atomic mass is 10.1. The van der Waals surface area contributed by atoms with E-state index < -0.39 is 27.3 Å². The molecule has 1 N–H and O–H groups in total. The van der Waals surface area contributed by atoms with Gasteiger partial charge < -0.3 is 5.32 Å². The Labute approximate surface area is 117 Å². The number of hydrogen-bond donors (Lipinski definition) is 1. The molecule has 0 spiro atoms. The van der Waals surface area contributed by atoms with E-state index in [9.17, 15) is 13.2 Å². The maximum atomic E-state index is 11.8. The van der Waals surface area contributed by atoms with Crippen LogP contribution in [0.3, 0.4) is 0 Å². The number of carbonyl (C=O) groups is 1. The van der Waals surface area contributed by atoms with E-state index in [1.165, 1.54) is 0 Å². The van der Waals surface area contributed by atoms with Crippen LogP contribution in [-0.4, -0.2) is 25.8 Å². The SMILES string of the molecule is C#CCS(=O)(=O)CC(=O)Nc1cccc2ccccc12. The Balaban J connectivity index is 2.21. The minimum absolute atomic E-state index is 0.435. The highest BCUT2D eigenvalue weighted by atomic mass is 32.2. The fourth-order valence-corrected chi connectivity index (χ4v) is 2.73. The molecule has 0 aromatic heterocycles. The lowest BCUT2D eigenvalue weighted by Gasteiger charge is -2.08. The molecule has 4 nitrogen and oxygen atoms in total. The quantitative estimate of drug-likeness (QED) is 0.873. The van der Waals surface area contributed by atoms with Crippen LogP contribution < -0.4 is 5.32 Å². The standard InChI is InChI=1S/C15H13NO3S/c1-2-10-20(18,19)11-15(17)16-14-9-5-7-12-6-3-4-8-13(12)14/h1,3-9H,10-11H2,(H,16,17). The Hall–Kier alpha value is -2.32. The van der Waals surface area contributed by atoms with Crippen LogP contribution in [0.5, 0.6) is 0 Å². The second-order valence-corrected chi connectivity index (χ2v) is 6.38. The van der Waals surface area contributed by atoms with Crippen LogP contribution in [0.2, 0.25) is 0 Å². The van der Waals surface area contributed by atoms with Gasteiger partial charge in [0.05, 0.1) is 0 Å². The maximum Gasteiger partial charge on any atom is 0.239 e. The van der Waals surface area contributed by atoms with Crippen LogP contribution in [0, 0.1) is 12.3 Å². The summed E-state index contributed by atoms with van der Waals surface area (Å²) in [7, 11) is -3.55. The largest absolute Gasteiger partial charge is 0.325 e. The van der Waals surface area contributed by atoms with Crippen molar-refractivity contribution < 1.29 is 13.2 Å². The average Bonchev–Trinajstić information content (AvgIpc) is 2.38. The number of terminal acetylenes is 1. The predicted octanol–water partition coefficient (Wildman–Crippen LogP) is 1.83. The van der Waals surface area contributed by atoms with Crippen molar-refractivity contribution in [3.05, 3.63) is 42.5 Å². The first-order valence-corrected chi connectivity index (χ1v) is 7.75. The van der Waals surface area contributed by atoms with Gasteiger partial charge >= 0.3 is 0 Å². The second-order valence-electron chi connectivity index (χ2n) is 4.31. The summed E-state index contributed by atoms with van der Waals surface area (Å²) in [6.07, 6.45) is 4.96. The third-order valence-electron chi connectivity index (χ3n) is 2.72. The van der Waals surface area contributed by atoms with Crippen LogP contribution >= 0.6 is 0 Å². The molecule has 1 amide bonds. The lowest BCUT2D eigenvalue weighted by molar-refractivity contribution is -0.113. The van der Waals surface area contributed by atoms with Crippen molar-refractivity contribution in [3.8, 4) is 12.3 Å². The molecular formula is C15H13NO3S. The highest BCUT2D eigenvalue weighted by Crippen LogP contribution is 2.22. The third-order valence-corrected chi connectivity index (χ3v) is 4.03. The fourth-order valence-electron chi connectivity index (χ4n) is 1.90. The Bertz CT molecular complexity index is 783. The highest BCUT2D eigenvalue weighted by Gasteiger charge is 2.16. The summed E-state index contributed by atoms with van der Waals surface area (Å²) in [6.45, 7) is 0. The molecule has 0 fully saturated rings. The van der Waals surface area contributed by atoms with E-state index in [0.29, 0.717) is 5.69 Å². The normalized spacial score (nSPS) is 10.9. The van der Waals surface area contributed by atoms with E-state index >= 15 is 0 Å². The first-order chi connectivity index (χ1) is 9.52. The van der Waals surface area contributed by atoms with Crippen molar-refractivity contribution in [2.75, 3.05) is 16.8 Å². The molecule has 2 aromatic carbocycles. The van der Waals surface area contributed by atoms with Crippen LogP contribution in [0.25, 0.3) is 10.8 Å². The Morgan fingerprint density at radius 2 is 1.85 bits per heavy atom. The molecule has 0 aliphatic heterocycles. The summed E-state index contributed by atoms with van der Waals surface area (Å²) >= 11 is 0. The number of hydrogen-bond acceptors (Lipinski definition) is 3. The molecule has 102 valence electrons. The monoisotopic (exact) mass is 287 g/mol. The Kier molecular flexibility index (Phi) is 4.06. The zero-order valence-corrected chi connectivity index (χ0v) is 11.5. The van der Waals surface area contributed by atoms with Gasteiger partial charge in [0, 0.05) is 11.1 Å². The first kappa shape index (κ1) is 14.1. The molecule has 2 aromatic rings. The summed E-state index contributed by atoms with van der Waals surface area (Å²) in [5, 5.41) is 4.44. The van der Waals surface area contributed by atoms with Gasteiger partial charge in [0.1, 0.15) is 11.5 Å². The molecule has 0 unspecified atom stereocenters. The van der Waals surface area contributed by atoms with E-state index in [2.05, 4.69) is 5.32 Å². The fraction of sp³-hybridized carbons (Fsp3) is 0.133.